The average molecular weight is 575 g/mol. The number of sulfone groups is 1. The molecule has 1 unspecified atom stereocenters. The van der Waals surface area contributed by atoms with Crippen molar-refractivity contribution in [3.8, 4) is 11.8 Å². The van der Waals surface area contributed by atoms with Crippen molar-refractivity contribution in [2.24, 2.45) is 5.10 Å². The number of anilines is 3. The molecule has 42 heavy (non-hydrogen) atoms. The summed E-state index contributed by atoms with van der Waals surface area (Å²) in [5, 5.41) is 12.0. The number of hydrogen-bond donors (Lipinski definition) is 2. The third kappa shape index (κ3) is 5.73. The Morgan fingerprint density at radius 1 is 0.929 bits per heavy atom. The van der Waals surface area contributed by atoms with Crippen LogP contribution >= 0.6 is 0 Å². The lowest BCUT2D eigenvalue weighted by atomic mass is 10.1. The molecule has 0 bridgehead atoms. The molecule has 0 spiro atoms. The van der Waals surface area contributed by atoms with Gasteiger partial charge in [0, 0.05) is 42.0 Å². The van der Waals surface area contributed by atoms with E-state index in [1.54, 1.807) is 36.7 Å². The number of urea groups is 1. The Kier molecular flexibility index (Phi) is 7.17. The SMILES string of the molecule is CS(=O)(=O)c1ccc(Nc2cccn3c(C#Cc4cccc(NC(=O)N5N=CCC5c5ccccc5)c4)cnc23)cc1. The minimum atomic E-state index is -3.27. The fourth-order valence-corrected chi connectivity index (χ4v) is 5.33. The molecule has 1 atom stereocenters. The first kappa shape index (κ1) is 26.8. The Morgan fingerprint density at radius 2 is 1.74 bits per heavy atom. The van der Waals surface area contributed by atoms with E-state index in [0.717, 1.165) is 22.5 Å². The van der Waals surface area contributed by atoms with Crippen molar-refractivity contribution >= 4 is 44.8 Å². The maximum absolute atomic E-state index is 13.0. The lowest BCUT2D eigenvalue weighted by Crippen LogP contribution is -2.31. The first-order valence-electron chi connectivity index (χ1n) is 13.2. The Bertz CT molecular complexity index is 1970. The van der Waals surface area contributed by atoms with Crippen LogP contribution in [0.15, 0.2) is 113 Å². The summed E-state index contributed by atoms with van der Waals surface area (Å²) in [6, 6.07) is 27.1. The number of nitrogens with zero attached hydrogens (tertiary/aromatic N) is 4. The maximum Gasteiger partial charge on any atom is 0.342 e. The highest BCUT2D eigenvalue weighted by molar-refractivity contribution is 7.90. The van der Waals surface area contributed by atoms with Crippen LogP contribution in [0.1, 0.15) is 29.3 Å². The molecule has 10 heteroatoms. The monoisotopic (exact) mass is 574 g/mol. The van der Waals surface area contributed by atoms with Gasteiger partial charge in [0.25, 0.3) is 0 Å². The van der Waals surface area contributed by atoms with Crippen LogP contribution in [0.5, 0.6) is 0 Å². The Hall–Kier alpha value is -5.40. The fraction of sp³-hybridized carbons (Fsp3) is 0.0938. The van der Waals surface area contributed by atoms with Crippen molar-refractivity contribution in [2.75, 3.05) is 16.9 Å². The molecule has 0 saturated carbocycles. The molecule has 2 amide bonds. The van der Waals surface area contributed by atoms with Gasteiger partial charge in [0.2, 0.25) is 0 Å². The normalized spacial score (nSPS) is 14.4. The Labute approximate surface area is 243 Å². The Morgan fingerprint density at radius 3 is 2.52 bits per heavy atom. The van der Waals surface area contributed by atoms with Gasteiger partial charge in [-0.1, -0.05) is 42.3 Å². The lowest BCUT2D eigenvalue weighted by Gasteiger charge is -2.22. The molecule has 6 rings (SSSR count). The van der Waals surface area contributed by atoms with Crippen LogP contribution in [0, 0.1) is 11.8 Å². The molecule has 1 aliphatic heterocycles. The van der Waals surface area contributed by atoms with Gasteiger partial charge in [-0.05, 0) is 66.1 Å². The number of hydrazone groups is 1. The summed E-state index contributed by atoms with van der Waals surface area (Å²) in [5.74, 6) is 6.34. The lowest BCUT2D eigenvalue weighted by molar-refractivity contribution is 0.200. The largest absolute Gasteiger partial charge is 0.352 e. The van der Waals surface area contributed by atoms with Crippen molar-refractivity contribution in [2.45, 2.75) is 17.4 Å². The summed E-state index contributed by atoms with van der Waals surface area (Å²) in [4.78, 5) is 17.8. The predicted octanol–water partition coefficient (Wildman–Crippen LogP) is 5.85. The quantitative estimate of drug-likeness (QED) is 0.256. The molecule has 9 nitrogen and oxygen atoms in total. The van der Waals surface area contributed by atoms with Crippen LogP contribution in [-0.2, 0) is 9.84 Å². The van der Waals surface area contributed by atoms with Crippen molar-refractivity contribution in [1.82, 2.24) is 14.4 Å². The molecule has 2 N–H and O–H groups in total. The average Bonchev–Trinajstić information content (AvgIpc) is 3.65. The van der Waals surface area contributed by atoms with Gasteiger partial charge in [-0.2, -0.15) is 5.10 Å². The number of carbonyl (C=O) groups is 1. The number of pyridine rings is 1. The molecule has 3 heterocycles. The number of nitrogens with one attached hydrogen (secondary N) is 2. The second-order valence-electron chi connectivity index (χ2n) is 9.75. The summed E-state index contributed by atoms with van der Waals surface area (Å²) >= 11 is 0. The summed E-state index contributed by atoms with van der Waals surface area (Å²) in [7, 11) is -3.27. The summed E-state index contributed by atoms with van der Waals surface area (Å²) in [6.45, 7) is 0. The first-order chi connectivity index (χ1) is 20.3. The van der Waals surface area contributed by atoms with E-state index < -0.39 is 9.84 Å². The number of imidazole rings is 1. The first-order valence-corrected chi connectivity index (χ1v) is 15.1. The van der Waals surface area contributed by atoms with E-state index in [0.29, 0.717) is 23.4 Å². The molecule has 5 aromatic rings. The van der Waals surface area contributed by atoms with Crippen molar-refractivity contribution in [1.29, 1.82) is 0 Å². The van der Waals surface area contributed by atoms with E-state index in [2.05, 4.69) is 32.6 Å². The molecular formula is C32H26N6O3S. The van der Waals surface area contributed by atoms with Crippen LogP contribution in [-0.4, -0.2) is 41.3 Å². The third-order valence-corrected chi connectivity index (χ3v) is 7.90. The van der Waals surface area contributed by atoms with Crippen LogP contribution < -0.4 is 10.6 Å². The van der Waals surface area contributed by atoms with E-state index in [9.17, 15) is 13.2 Å². The second-order valence-corrected chi connectivity index (χ2v) is 11.8. The number of fused-ring (bicyclic) bond motifs is 1. The van der Waals surface area contributed by atoms with Gasteiger partial charge in [-0.3, -0.25) is 4.40 Å². The van der Waals surface area contributed by atoms with E-state index in [1.165, 1.54) is 11.3 Å². The Balaban J connectivity index is 1.18. The van der Waals surface area contributed by atoms with Crippen molar-refractivity contribution in [3.05, 3.63) is 120 Å². The van der Waals surface area contributed by atoms with Gasteiger partial charge in [0.1, 0.15) is 5.69 Å². The minimum absolute atomic E-state index is 0.143. The van der Waals surface area contributed by atoms with Crippen LogP contribution in [0.4, 0.5) is 21.9 Å². The minimum Gasteiger partial charge on any atom is -0.352 e. The van der Waals surface area contributed by atoms with Gasteiger partial charge in [0.05, 0.1) is 22.8 Å². The molecule has 0 aliphatic carbocycles. The topological polar surface area (TPSA) is 108 Å². The fourth-order valence-electron chi connectivity index (χ4n) is 4.70. The molecule has 0 radical (unpaired) electrons. The second kappa shape index (κ2) is 11.2. The molecule has 1 aliphatic rings. The zero-order chi connectivity index (χ0) is 29.1. The third-order valence-electron chi connectivity index (χ3n) is 6.77. The molecular weight excluding hydrogens is 548 g/mol. The van der Waals surface area contributed by atoms with E-state index in [4.69, 9.17) is 0 Å². The van der Waals surface area contributed by atoms with Crippen LogP contribution in [0.2, 0.25) is 0 Å². The van der Waals surface area contributed by atoms with Gasteiger partial charge in [0.15, 0.2) is 15.5 Å². The predicted molar refractivity (Wildman–Crippen MR) is 164 cm³/mol. The summed E-state index contributed by atoms with van der Waals surface area (Å²) in [6.07, 6.45) is 7.17. The standard InChI is InChI=1S/C32H26N6O3S/c1-42(40,41)28-16-13-25(14-17-28)35-29-11-6-20-37-27(22-33-31(29)37)15-12-23-7-5-10-26(21-23)36-32(39)38-30(18-19-34-38)24-8-3-2-4-9-24/h2-11,13-14,16-17,19-22,30,35H,18H2,1H3,(H,36,39). The van der Waals surface area contributed by atoms with E-state index in [1.807, 2.05) is 77.3 Å². The van der Waals surface area contributed by atoms with Crippen molar-refractivity contribution < 1.29 is 13.2 Å². The van der Waals surface area contributed by atoms with Gasteiger partial charge >= 0.3 is 6.03 Å². The smallest absolute Gasteiger partial charge is 0.342 e. The van der Waals surface area contributed by atoms with E-state index >= 15 is 0 Å². The summed E-state index contributed by atoms with van der Waals surface area (Å²) in [5.41, 5.74) is 5.22. The number of aromatic nitrogens is 2. The van der Waals surface area contributed by atoms with Gasteiger partial charge in [-0.25, -0.2) is 23.2 Å². The zero-order valence-corrected chi connectivity index (χ0v) is 23.4. The summed E-state index contributed by atoms with van der Waals surface area (Å²) < 4.78 is 25.4. The molecule has 208 valence electrons. The highest BCUT2D eigenvalue weighted by Crippen LogP contribution is 2.29. The molecule has 3 aromatic carbocycles. The van der Waals surface area contributed by atoms with Crippen LogP contribution in [0.3, 0.4) is 0 Å². The maximum atomic E-state index is 13.0. The number of hydrogen-bond acceptors (Lipinski definition) is 6. The van der Waals surface area contributed by atoms with Crippen LogP contribution in [0.25, 0.3) is 5.65 Å². The molecule has 2 aromatic heterocycles. The number of benzene rings is 3. The number of carbonyl (C=O) groups excluding carboxylic acids is 1. The highest BCUT2D eigenvalue weighted by atomic mass is 32.2. The molecule has 0 fully saturated rings. The van der Waals surface area contributed by atoms with E-state index in [-0.39, 0.29) is 17.0 Å². The zero-order valence-electron chi connectivity index (χ0n) is 22.6. The van der Waals surface area contributed by atoms with Gasteiger partial charge in [-0.15, -0.1) is 0 Å². The van der Waals surface area contributed by atoms with Crippen molar-refractivity contribution in [3.63, 3.8) is 0 Å². The number of rotatable bonds is 5. The molecule has 0 saturated heterocycles. The number of amides is 2. The highest BCUT2D eigenvalue weighted by Gasteiger charge is 2.28. The van der Waals surface area contributed by atoms with Gasteiger partial charge < -0.3 is 10.6 Å².